The summed E-state index contributed by atoms with van der Waals surface area (Å²) >= 11 is 0. The van der Waals surface area contributed by atoms with E-state index < -0.39 is 0 Å². The molecular weight excluding hydrogens is 252 g/mol. The van der Waals surface area contributed by atoms with Crippen molar-refractivity contribution in [3.05, 3.63) is 30.1 Å². The molecule has 0 amide bonds. The smallest absolute Gasteiger partial charge is 0.111 e. The number of rotatable bonds is 8. The Kier molecular flexibility index (Phi) is 5.52. The van der Waals surface area contributed by atoms with E-state index >= 15 is 0 Å². The fourth-order valence-electron chi connectivity index (χ4n) is 2.39. The SMILES string of the molecule is CCCOCC(Cc1nc2ccccc2n1CC)NN. The van der Waals surface area contributed by atoms with Crippen LogP contribution in [0.4, 0.5) is 0 Å². The molecule has 1 heterocycles. The largest absolute Gasteiger partial charge is 0.380 e. The van der Waals surface area contributed by atoms with Gasteiger partial charge in [0.05, 0.1) is 23.7 Å². The molecule has 1 unspecified atom stereocenters. The van der Waals surface area contributed by atoms with Crippen LogP contribution in [0.3, 0.4) is 0 Å². The van der Waals surface area contributed by atoms with Gasteiger partial charge in [-0.05, 0) is 25.5 Å². The third-order valence-corrected chi connectivity index (χ3v) is 3.38. The van der Waals surface area contributed by atoms with Crippen LogP contribution < -0.4 is 11.3 Å². The fourth-order valence-corrected chi connectivity index (χ4v) is 2.39. The molecule has 0 saturated carbocycles. The van der Waals surface area contributed by atoms with E-state index in [0.29, 0.717) is 6.61 Å². The average molecular weight is 276 g/mol. The maximum atomic E-state index is 5.62. The van der Waals surface area contributed by atoms with Gasteiger partial charge < -0.3 is 9.30 Å². The molecule has 1 aromatic carbocycles. The van der Waals surface area contributed by atoms with Crippen molar-refractivity contribution in [2.45, 2.75) is 39.3 Å². The number of para-hydroxylation sites is 2. The predicted octanol–water partition coefficient (Wildman–Crippen LogP) is 1.86. The minimum atomic E-state index is 0.0867. The first kappa shape index (κ1) is 15.0. The molecule has 0 aliphatic carbocycles. The first-order chi connectivity index (χ1) is 9.80. The van der Waals surface area contributed by atoms with Crippen LogP contribution in [0.1, 0.15) is 26.1 Å². The van der Waals surface area contributed by atoms with Gasteiger partial charge in [0.1, 0.15) is 5.82 Å². The van der Waals surface area contributed by atoms with E-state index in [-0.39, 0.29) is 6.04 Å². The quantitative estimate of drug-likeness (QED) is 0.439. The number of aromatic nitrogens is 2. The van der Waals surface area contributed by atoms with Gasteiger partial charge in [0.2, 0.25) is 0 Å². The molecule has 5 heteroatoms. The van der Waals surface area contributed by atoms with E-state index in [9.17, 15) is 0 Å². The zero-order valence-electron chi connectivity index (χ0n) is 12.3. The summed E-state index contributed by atoms with van der Waals surface area (Å²) in [6.07, 6.45) is 1.79. The Morgan fingerprint density at radius 2 is 2.15 bits per heavy atom. The number of benzene rings is 1. The van der Waals surface area contributed by atoms with Crippen molar-refractivity contribution in [3.8, 4) is 0 Å². The number of hydrazine groups is 1. The summed E-state index contributed by atoms with van der Waals surface area (Å²) in [5, 5.41) is 0. The normalized spacial score (nSPS) is 12.9. The van der Waals surface area contributed by atoms with Gasteiger partial charge in [-0.3, -0.25) is 11.3 Å². The molecule has 3 N–H and O–H groups in total. The third-order valence-electron chi connectivity index (χ3n) is 3.38. The molecule has 0 saturated heterocycles. The summed E-state index contributed by atoms with van der Waals surface area (Å²) in [7, 11) is 0. The van der Waals surface area contributed by atoms with Crippen molar-refractivity contribution in [1.82, 2.24) is 15.0 Å². The molecule has 0 radical (unpaired) electrons. The summed E-state index contributed by atoms with van der Waals surface area (Å²) in [6, 6.07) is 8.30. The summed E-state index contributed by atoms with van der Waals surface area (Å²) in [4.78, 5) is 4.71. The maximum Gasteiger partial charge on any atom is 0.111 e. The highest BCUT2D eigenvalue weighted by Gasteiger charge is 2.14. The third kappa shape index (κ3) is 3.36. The van der Waals surface area contributed by atoms with Gasteiger partial charge >= 0.3 is 0 Å². The van der Waals surface area contributed by atoms with E-state index in [4.69, 9.17) is 15.6 Å². The van der Waals surface area contributed by atoms with Gasteiger partial charge in [0.25, 0.3) is 0 Å². The number of hydrogen-bond donors (Lipinski definition) is 2. The molecule has 1 aromatic heterocycles. The first-order valence-electron chi connectivity index (χ1n) is 7.28. The Morgan fingerprint density at radius 1 is 1.35 bits per heavy atom. The first-order valence-corrected chi connectivity index (χ1v) is 7.28. The molecule has 0 bridgehead atoms. The van der Waals surface area contributed by atoms with Crippen molar-refractivity contribution in [2.24, 2.45) is 5.84 Å². The van der Waals surface area contributed by atoms with Gasteiger partial charge in [-0.2, -0.15) is 0 Å². The van der Waals surface area contributed by atoms with Crippen LogP contribution in [0.25, 0.3) is 11.0 Å². The lowest BCUT2D eigenvalue weighted by Gasteiger charge is -2.16. The molecular formula is C15H24N4O. The summed E-state index contributed by atoms with van der Waals surface area (Å²) in [5.41, 5.74) is 5.04. The second kappa shape index (κ2) is 7.38. The van der Waals surface area contributed by atoms with Crippen molar-refractivity contribution >= 4 is 11.0 Å². The summed E-state index contributed by atoms with van der Waals surface area (Å²) in [5.74, 6) is 6.67. The highest BCUT2D eigenvalue weighted by atomic mass is 16.5. The van der Waals surface area contributed by atoms with E-state index in [1.54, 1.807) is 0 Å². The molecule has 110 valence electrons. The number of nitrogens with zero attached hydrogens (tertiary/aromatic N) is 2. The topological polar surface area (TPSA) is 65.1 Å². The minimum absolute atomic E-state index is 0.0867. The molecule has 0 aliphatic rings. The minimum Gasteiger partial charge on any atom is -0.380 e. The van der Waals surface area contributed by atoms with Crippen molar-refractivity contribution in [1.29, 1.82) is 0 Å². The van der Waals surface area contributed by atoms with Gasteiger partial charge in [-0.25, -0.2) is 4.98 Å². The monoisotopic (exact) mass is 276 g/mol. The molecule has 2 aromatic rings. The second-order valence-electron chi connectivity index (χ2n) is 4.90. The Balaban J connectivity index is 2.14. The Morgan fingerprint density at radius 3 is 2.85 bits per heavy atom. The van der Waals surface area contributed by atoms with E-state index in [1.165, 1.54) is 5.52 Å². The van der Waals surface area contributed by atoms with Gasteiger partial charge in [0.15, 0.2) is 0 Å². The lowest BCUT2D eigenvalue weighted by molar-refractivity contribution is 0.111. The second-order valence-corrected chi connectivity index (χ2v) is 4.90. The summed E-state index contributed by atoms with van der Waals surface area (Å²) < 4.78 is 7.81. The molecule has 0 fully saturated rings. The average Bonchev–Trinajstić information content (AvgIpc) is 2.83. The van der Waals surface area contributed by atoms with E-state index in [1.807, 2.05) is 18.2 Å². The van der Waals surface area contributed by atoms with Crippen molar-refractivity contribution < 1.29 is 4.74 Å². The van der Waals surface area contributed by atoms with Crippen LogP contribution >= 0.6 is 0 Å². The predicted molar refractivity (Wildman–Crippen MR) is 81.3 cm³/mol. The van der Waals surface area contributed by atoms with Crippen molar-refractivity contribution in [2.75, 3.05) is 13.2 Å². The Bertz CT molecular complexity index is 538. The van der Waals surface area contributed by atoms with Crippen LogP contribution in [0, 0.1) is 0 Å². The van der Waals surface area contributed by atoms with Gasteiger partial charge in [-0.15, -0.1) is 0 Å². The number of ether oxygens (including phenoxy) is 1. The number of imidazole rings is 1. The number of nitrogens with two attached hydrogens (primary N) is 1. The highest BCUT2D eigenvalue weighted by molar-refractivity contribution is 5.75. The van der Waals surface area contributed by atoms with Crippen molar-refractivity contribution in [3.63, 3.8) is 0 Å². The molecule has 1 atom stereocenters. The van der Waals surface area contributed by atoms with Crippen LogP contribution in [-0.4, -0.2) is 28.8 Å². The lowest BCUT2D eigenvalue weighted by Crippen LogP contribution is -2.41. The number of aryl methyl sites for hydroxylation is 1. The Hall–Kier alpha value is -1.43. The van der Waals surface area contributed by atoms with Gasteiger partial charge in [-0.1, -0.05) is 19.1 Å². The zero-order chi connectivity index (χ0) is 14.4. The standard InChI is InChI=1S/C15H24N4O/c1-3-9-20-11-12(18-16)10-15-17-13-7-5-6-8-14(13)19(15)4-2/h5-8,12,18H,3-4,9-11,16H2,1-2H3. The van der Waals surface area contributed by atoms with Gasteiger partial charge in [0, 0.05) is 19.6 Å². The summed E-state index contributed by atoms with van der Waals surface area (Å²) in [6.45, 7) is 6.51. The molecule has 2 rings (SSSR count). The molecule has 0 aliphatic heterocycles. The van der Waals surface area contributed by atoms with E-state index in [0.717, 1.165) is 37.3 Å². The van der Waals surface area contributed by atoms with Crippen LogP contribution in [0.15, 0.2) is 24.3 Å². The van der Waals surface area contributed by atoms with Crippen LogP contribution in [-0.2, 0) is 17.7 Å². The van der Waals surface area contributed by atoms with Crippen LogP contribution in [0.2, 0.25) is 0 Å². The zero-order valence-corrected chi connectivity index (χ0v) is 12.3. The maximum absolute atomic E-state index is 5.62. The lowest BCUT2D eigenvalue weighted by atomic mass is 10.2. The van der Waals surface area contributed by atoms with E-state index in [2.05, 4.69) is 29.9 Å². The number of hydrogen-bond acceptors (Lipinski definition) is 4. The number of nitrogens with one attached hydrogen (secondary N) is 1. The van der Waals surface area contributed by atoms with Crippen LogP contribution in [0.5, 0.6) is 0 Å². The molecule has 20 heavy (non-hydrogen) atoms. The highest BCUT2D eigenvalue weighted by Crippen LogP contribution is 2.17. The molecule has 5 nitrogen and oxygen atoms in total. The number of fused-ring (bicyclic) bond motifs is 1. The molecule has 0 spiro atoms. The Labute approximate surface area is 120 Å². The fraction of sp³-hybridized carbons (Fsp3) is 0.533.